The first kappa shape index (κ1) is 20.8. The lowest BCUT2D eigenvalue weighted by molar-refractivity contribution is -0.933. The van der Waals surface area contributed by atoms with Gasteiger partial charge in [0.25, 0.3) is 0 Å². The van der Waals surface area contributed by atoms with Crippen molar-refractivity contribution in [2.45, 2.75) is 58.4 Å². The number of morpholine rings is 1. The van der Waals surface area contributed by atoms with Gasteiger partial charge in [0.15, 0.2) is 6.04 Å². The molecule has 1 aliphatic rings. The van der Waals surface area contributed by atoms with Crippen LogP contribution >= 0.6 is 0 Å². The Labute approximate surface area is 169 Å². The Balaban J connectivity index is 2.21. The Hall–Kier alpha value is -1.91. The molecule has 0 aliphatic carbocycles. The summed E-state index contributed by atoms with van der Waals surface area (Å²) in [5.74, 6) is 0.431. The summed E-state index contributed by atoms with van der Waals surface area (Å²) in [6, 6.07) is 10.7. The Kier molecular flexibility index (Phi) is 5.83. The van der Waals surface area contributed by atoms with Gasteiger partial charge in [0.05, 0.1) is 13.2 Å². The van der Waals surface area contributed by atoms with Gasteiger partial charge in [-0.3, -0.25) is 4.98 Å². The number of ether oxygens (including phenoxy) is 1. The van der Waals surface area contributed by atoms with Crippen molar-refractivity contribution in [3.63, 3.8) is 0 Å². The van der Waals surface area contributed by atoms with E-state index >= 15 is 0 Å². The number of nitrogens with one attached hydrogen (secondary N) is 1. The Morgan fingerprint density at radius 2 is 1.54 bits per heavy atom. The summed E-state index contributed by atoms with van der Waals surface area (Å²) in [4.78, 5) is 6.18. The van der Waals surface area contributed by atoms with Crippen LogP contribution in [0.4, 0.5) is 0 Å². The number of pyridine rings is 1. The van der Waals surface area contributed by atoms with E-state index < -0.39 is 0 Å². The molecule has 4 nitrogen and oxygen atoms in total. The quantitative estimate of drug-likeness (QED) is 0.854. The highest BCUT2D eigenvalue weighted by Crippen LogP contribution is 2.41. The molecule has 1 unspecified atom stereocenters. The third kappa shape index (κ3) is 4.39. The lowest BCUT2D eigenvalue weighted by atomic mass is 9.77. The molecule has 1 saturated heterocycles. The van der Waals surface area contributed by atoms with Gasteiger partial charge in [-0.2, -0.15) is 0 Å². The highest BCUT2D eigenvalue weighted by Gasteiger charge is 2.33. The Morgan fingerprint density at radius 3 is 2.00 bits per heavy atom. The predicted molar refractivity (Wildman–Crippen MR) is 113 cm³/mol. The summed E-state index contributed by atoms with van der Waals surface area (Å²) in [5.41, 5.74) is 4.02. The van der Waals surface area contributed by atoms with Gasteiger partial charge in [0.2, 0.25) is 0 Å². The van der Waals surface area contributed by atoms with E-state index in [1.54, 1.807) is 0 Å². The van der Waals surface area contributed by atoms with Crippen LogP contribution in [-0.4, -0.2) is 36.4 Å². The molecule has 1 aliphatic heterocycles. The van der Waals surface area contributed by atoms with Gasteiger partial charge in [-0.25, -0.2) is 0 Å². The molecule has 28 heavy (non-hydrogen) atoms. The zero-order chi connectivity index (χ0) is 20.5. The first-order valence-electron chi connectivity index (χ1n) is 10.3. The topological polar surface area (TPSA) is 46.8 Å². The normalized spacial score (nSPS) is 17.5. The largest absolute Gasteiger partial charge is 0.507 e. The van der Waals surface area contributed by atoms with Gasteiger partial charge in [-0.15, -0.1) is 0 Å². The molecule has 0 amide bonds. The van der Waals surface area contributed by atoms with Gasteiger partial charge < -0.3 is 14.7 Å². The zero-order valence-electron chi connectivity index (χ0n) is 18.2. The van der Waals surface area contributed by atoms with Crippen molar-refractivity contribution in [1.82, 2.24) is 4.98 Å². The molecule has 3 rings (SSSR count). The Morgan fingerprint density at radius 1 is 0.964 bits per heavy atom. The number of hydrogen-bond donors (Lipinski definition) is 2. The second-order valence-electron chi connectivity index (χ2n) is 9.92. The van der Waals surface area contributed by atoms with Crippen LogP contribution in [0.3, 0.4) is 0 Å². The van der Waals surface area contributed by atoms with Crippen LogP contribution in [-0.2, 0) is 15.6 Å². The van der Waals surface area contributed by atoms with E-state index in [1.807, 2.05) is 12.3 Å². The average Bonchev–Trinajstić information content (AvgIpc) is 2.63. The highest BCUT2D eigenvalue weighted by molar-refractivity contribution is 5.51. The van der Waals surface area contributed by atoms with Gasteiger partial charge in [0, 0.05) is 22.9 Å². The van der Waals surface area contributed by atoms with E-state index in [0.29, 0.717) is 5.75 Å². The molecule has 152 valence electrons. The summed E-state index contributed by atoms with van der Waals surface area (Å²) >= 11 is 0. The minimum absolute atomic E-state index is 0.132. The molecule has 1 atom stereocenters. The summed E-state index contributed by atoms with van der Waals surface area (Å²) in [6.45, 7) is 16.4. The van der Waals surface area contributed by atoms with Crippen LogP contribution in [0.5, 0.6) is 5.75 Å². The molecular weight excluding hydrogens is 348 g/mol. The molecule has 0 saturated carbocycles. The van der Waals surface area contributed by atoms with E-state index in [1.165, 1.54) is 10.5 Å². The van der Waals surface area contributed by atoms with Gasteiger partial charge >= 0.3 is 0 Å². The van der Waals surface area contributed by atoms with Crippen LogP contribution in [0, 0.1) is 0 Å². The summed E-state index contributed by atoms with van der Waals surface area (Å²) in [5, 5.41) is 11.1. The second-order valence-corrected chi connectivity index (χ2v) is 9.92. The number of rotatable bonds is 3. The van der Waals surface area contributed by atoms with Crippen molar-refractivity contribution in [1.29, 1.82) is 0 Å². The summed E-state index contributed by atoms with van der Waals surface area (Å²) in [6.07, 6.45) is 1.87. The number of nitrogens with zero attached hydrogens (tertiary/aromatic N) is 1. The zero-order valence-corrected chi connectivity index (χ0v) is 18.2. The molecule has 4 heteroatoms. The van der Waals surface area contributed by atoms with E-state index in [-0.39, 0.29) is 16.9 Å². The minimum Gasteiger partial charge on any atom is -0.507 e. The third-order valence-electron chi connectivity index (χ3n) is 5.61. The standard InChI is InChI=1S/C24H34N2O2/c1-23(2,3)18-15-17(16-19(22(18)27)24(4,5)6)21(20-9-7-8-10-25-20)26-11-13-28-14-12-26/h7-10,15-16,21,27H,11-14H2,1-6H3/p+1. The lowest BCUT2D eigenvalue weighted by Gasteiger charge is -2.34. The van der Waals surface area contributed by atoms with Gasteiger partial charge in [-0.1, -0.05) is 47.6 Å². The molecule has 1 aromatic carbocycles. The van der Waals surface area contributed by atoms with Crippen LogP contribution < -0.4 is 4.90 Å². The maximum Gasteiger partial charge on any atom is 0.156 e. The monoisotopic (exact) mass is 383 g/mol. The number of aromatic nitrogens is 1. The maximum atomic E-state index is 11.1. The molecule has 0 radical (unpaired) electrons. The van der Waals surface area contributed by atoms with Crippen molar-refractivity contribution in [2.24, 2.45) is 0 Å². The molecule has 1 aromatic heterocycles. The van der Waals surface area contributed by atoms with Crippen molar-refractivity contribution in [3.05, 3.63) is 58.9 Å². The van der Waals surface area contributed by atoms with E-state index in [9.17, 15) is 5.11 Å². The first-order chi connectivity index (χ1) is 13.1. The van der Waals surface area contributed by atoms with Crippen LogP contribution in [0.15, 0.2) is 36.5 Å². The SMILES string of the molecule is CC(C)(C)c1cc(C(c2ccccn2)[NH+]2CCOCC2)cc(C(C)(C)C)c1O. The first-order valence-corrected chi connectivity index (χ1v) is 10.3. The van der Waals surface area contributed by atoms with Crippen molar-refractivity contribution < 1.29 is 14.7 Å². The number of quaternary nitrogens is 1. The lowest BCUT2D eigenvalue weighted by Crippen LogP contribution is -3.14. The van der Waals surface area contributed by atoms with Crippen LogP contribution in [0.2, 0.25) is 0 Å². The molecule has 2 N–H and O–H groups in total. The molecule has 2 heterocycles. The van der Waals surface area contributed by atoms with E-state index in [2.05, 4.69) is 65.8 Å². The second kappa shape index (κ2) is 7.84. The molecular formula is C24H35N2O2+. The fourth-order valence-electron chi connectivity index (χ4n) is 4.05. The Bertz CT molecular complexity index is 763. The molecule has 1 fully saturated rings. The van der Waals surface area contributed by atoms with Crippen molar-refractivity contribution >= 4 is 0 Å². The predicted octanol–water partition coefficient (Wildman–Crippen LogP) is 3.39. The summed E-state index contributed by atoms with van der Waals surface area (Å²) in [7, 11) is 0. The number of phenols is 1. The fourth-order valence-corrected chi connectivity index (χ4v) is 4.05. The van der Waals surface area contributed by atoms with Gasteiger partial charge in [-0.05, 0) is 35.1 Å². The number of benzene rings is 1. The molecule has 2 aromatic rings. The van der Waals surface area contributed by atoms with E-state index in [0.717, 1.165) is 43.1 Å². The van der Waals surface area contributed by atoms with E-state index in [4.69, 9.17) is 9.72 Å². The van der Waals surface area contributed by atoms with Gasteiger partial charge in [0.1, 0.15) is 24.5 Å². The number of phenolic OH excluding ortho intramolecular Hbond substituents is 1. The minimum atomic E-state index is -0.144. The molecule has 0 spiro atoms. The summed E-state index contributed by atoms with van der Waals surface area (Å²) < 4.78 is 5.62. The molecule has 0 bridgehead atoms. The van der Waals surface area contributed by atoms with Crippen molar-refractivity contribution in [3.8, 4) is 5.75 Å². The third-order valence-corrected chi connectivity index (χ3v) is 5.61. The van der Waals surface area contributed by atoms with Crippen LogP contribution in [0.25, 0.3) is 0 Å². The maximum absolute atomic E-state index is 11.1. The van der Waals surface area contributed by atoms with Crippen LogP contribution in [0.1, 0.15) is 70.0 Å². The van der Waals surface area contributed by atoms with Crippen molar-refractivity contribution in [2.75, 3.05) is 26.3 Å². The number of aromatic hydroxyl groups is 1. The fraction of sp³-hybridized carbons (Fsp3) is 0.542. The highest BCUT2D eigenvalue weighted by atomic mass is 16.5. The average molecular weight is 384 g/mol. The number of hydrogen-bond acceptors (Lipinski definition) is 3. The smallest absolute Gasteiger partial charge is 0.156 e.